The standard InChI is InChI=1S/C13H16N2/c1-9-6-11-4-3-5-15-13(11)12(7-9)8-10(2)14/h3-7,10H,8,14H2,1-2H3. The van der Waals surface area contributed by atoms with Crippen molar-refractivity contribution in [1.29, 1.82) is 0 Å². The molecule has 0 saturated heterocycles. The highest BCUT2D eigenvalue weighted by Gasteiger charge is 2.05. The molecule has 15 heavy (non-hydrogen) atoms. The van der Waals surface area contributed by atoms with Crippen molar-refractivity contribution in [3.05, 3.63) is 41.6 Å². The van der Waals surface area contributed by atoms with Crippen LogP contribution in [0.1, 0.15) is 18.1 Å². The van der Waals surface area contributed by atoms with Crippen LogP contribution in [0, 0.1) is 6.92 Å². The number of nitrogens with zero attached hydrogens (tertiary/aromatic N) is 1. The van der Waals surface area contributed by atoms with Crippen LogP contribution in [0.5, 0.6) is 0 Å². The maximum Gasteiger partial charge on any atom is 0.0734 e. The molecule has 2 rings (SSSR count). The lowest BCUT2D eigenvalue weighted by Gasteiger charge is -2.09. The van der Waals surface area contributed by atoms with Gasteiger partial charge in [-0.25, -0.2) is 0 Å². The monoisotopic (exact) mass is 200 g/mol. The van der Waals surface area contributed by atoms with Crippen molar-refractivity contribution in [2.24, 2.45) is 5.73 Å². The van der Waals surface area contributed by atoms with E-state index in [9.17, 15) is 0 Å². The van der Waals surface area contributed by atoms with Gasteiger partial charge in [-0.2, -0.15) is 0 Å². The number of aryl methyl sites for hydroxylation is 1. The van der Waals surface area contributed by atoms with E-state index in [2.05, 4.69) is 30.1 Å². The first kappa shape index (κ1) is 10.1. The van der Waals surface area contributed by atoms with Crippen molar-refractivity contribution in [3.8, 4) is 0 Å². The molecule has 1 aromatic heterocycles. The highest BCUT2D eigenvalue weighted by atomic mass is 14.7. The second-order valence-corrected chi connectivity index (χ2v) is 4.18. The van der Waals surface area contributed by atoms with Gasteiger partial charge in [0.15, 0.2) is 0 Å². The fraction of sp³-hybridized carbons (Fsp3) is 0.308. The molecule has 0 saturated carbocycles. The minimum Gasteiger partial charge on any atom is -0.328 e. The zero-order valence-electron chi connectivity index (χ0n) is 9.20. The van der Waals surface area contributed by atoms with Crippen molar-refractivity contribution >= 4 is 10.9 Å². The Balaban J connectivity index is 2.60. The Morgan fingerprint density at radius 3 is 2.93 bits per heavy atom. The molecule has 0 fully saturated rings. The molecule has 1 aromatic carbocycles. The second-order valence-electron chi connectivity index (χ2n) is 4.18. The average molecular weight is 200 g/mol. The molecule has 0 aliphatic rings. The number of pyridine rings is 1. The van der Waals surface area contributed by atoms with Crippen LogP contribution >= 0.6 is 0 Å². The third kappa shape index (κ3) is 2.16. The summed E-state index contributed by atoms with van der Waals surface area (Å²) in [5.74, 6) is 0. The first-order valence-corrected chi connectivity index (χ1v) is 5.26. The van der Waals surface area contributed by atoms with Crippen LogP contribution in [0.4, 0.5) is 0 Å². The lowest BCUT2D eigenvalue weighted by atomic mass is 10.0. The summed E-state index contributed by atoms with van der Waals surface area (Å²) < 4.78 is 0. The van der Waals surface area contributed by atoms with Gasteiger partial charge in [-0.15, -0.1) is 0 Å². The van der Waals surface area contributed by atoms with Gasteiger partial charge in [-0.3, -0.25) is 4.98 Å². The number of aromatic nitrogens is 1. The number of fused-ring (bicyclic) bond motifs is 1. The minimum absolute atomic E-state index is 0.178. The zero-order valence-corrected chi connectivity index (χ0v) is 9.20. The van der Waals surface area contributed by atoms with Crippen LogP contribution in [0.3, 0.4) is 0 Å². The summed E-state index contributed by atoms with van der Waals surface area (Å²) in [6, 6.07) is 8.58. The van der Waals surface area contributed by atoms with Gasteiger partial charge in [-0.1, -0.05) is 17.7 Å². The fourth-order valence-electron chi connectivity index (χ4n) is 1.94. The van der Waals surface area contributed by atoms with Crippen LogP contribution in [0.25, 0.3) is 10.9 Å². The van der Waals surface area contributed by atoms with Crippen LogP contribution in [-0.2, 0) is 6.42 Å². The van der Waals surface area contributed by atoms with Gasteiger partial charge in [-0.05, 0) is 38.0 Å². The number of hydrogen-bond donors (Lipinski definition) is 1. The third-order valence-electron chi connectivity index (χ3n) is 2.47. The minimum atomic E-state index is 0.178. The van der Waals surface area contributed by atoms with Gasteiger partial charge in [0.05, 0.1) is 5.52 Å². The molecule has 1 heterocycles. The largest absolute Gasteiger partial charge is 0.328 e. The molecule has 0 spiro atoms. The highest BCUT2D eigenvalue weighted by Crippen LogP contribution is 2.19. The Morgan fingerprint density at radius 2 is 2.20 bits per heavy atom. The molecule has 2 nitrogen and oxygen atoms in total. The van der Waals surface area contributed by atoms with E-state index in [4.69, 9.17) is 5.73 Å². The maximum atomic E-state index is 5.84. The maximum absolute atomic E-state index is 5.84. The normalized spacial score (nSPS) is 13.0. The van der Waals surface area contributed by atoms with Crippen LogP contribution < -0.4 is 5.73 Å². The van der Waals surface area contributed by atoms with Crippen LogP contribution in [-0.4, -0.2) is 11.0 Å². The lowest BCUT2D eigenvalue weighted by Crippen LogP contribution is -2.18. The van der Waals surface area contributed by atoms with E-state index in [-0.39, 0.29) is 6.04 Å². The van der Waals surface area contributed by atoms with Crippen molar-refractivity contribution in [2.75, 3.05) is 0 Å². The number of benzene rings is 1. The SMILES string of the molecule is Cc1cc(CC(C)N)c2ncccc2c1. The molecule has 1 unspecified atom stereocenters. The Kier molecular flexibility index (Phi) is 2.69. The molecule has 78 valence electrons. The summed E-state index contributed by atoms with van der Waals surface area (Å²) in [7, 11) is 0. The van der Waals surface area contributed by atoms with Gasteiger partial charge in [0.1, 0.15) is 0 Å². The molecule has 0 bridgehead atoms. The van der Waals surface area contributed by atoms with E-state index >= 15 is 0 Å². The molecule has 0 amide bonds. The molecule has 2 aromatic rings. The predicted molar refractivity (Wildman–Crippen MR) is 63.8 cm³/mol. The summed E-state index contributed by atoms with van der Waals surface area (Å²) in [5, 5.41) is 1.20. The molecular formula is C13H16N2. The number of hydrogen-bond acceptors (Lipinski definition) is 2. The van der Waals surface area contributed by atoms with Crippen LogP contribution in [0.15, 0.2) is 30.5 Å². The Morgan fingerprint density at radius 1 is 1.40 bits per heavy atom. The third-order valence-corrected chi connectivity index (χ3v) is 2.47. The van der Waals surface area contributed by atoms with E-state index in [1.165, 1.54) is 16.5 Å². The molecule has 2 heteroatoms. The average Bonchev–Trinajstić information content (AvgIpc) is 2.16. The van der Waals surface area contributed by atoms with Crippen molar-refractivity contribution < 1.29 is 0 Å². The van der Waals surface area contributed by atoms with Gasteiger partial charge < -0.3 is 5.73 Å². The molecule has 0 aliphatic carbocycles. The van der Waals surface area contributed by atoms with Crippen molar-refractivity contribution in [3.63, 3.8) is 0 Å². The van der Waals surface area contributed by atoms with E-state index in [0.29, 0.717) is 0 Å². The molecule has 0 aliphatic heterocycles. The molecule has 1 atom stereocenters. The van der Waals surface area contributed by atoms with E-state index in [1.54, 1.807) is 0 Å². The first-order chi connectivity index (χ1) is 7.16. The number of rotatable bonds is 2. The Labute approximate surface area is 90.1 Å². The first-order valence-electron chi connectivity index (χ1n) is 5.26. The van der Waals surface area contributed by atoms with Gasteiger partial charge >= 0.3 is 0 Å². The van der Waals surface area contributed by atoms with E-state index in [0.717, 1.165) is 11.9 Å². The van der Waals surface area contributed by atoms with Gasteiger partial charge in [0.2, 0.25) is 0 Å². The van der Waals surface area contributed by atoms with Crippen molar-refractivity contribution in [2.45, 2.75) is 26.3 Å². The molecular weight excluding hydrogens is 184 g/mol. The lowest BCUT2D eigenvalue weighted by molar-refractivity contribution is 0.740. The van der Waals surface area contributed by atoms with E-state index in [1.807, 2.05) is 19.2 Å². The summed E-state index contributed by atoms with van der Waals surface area (Å²) in [4.78, 5) is 4.42. The van der Waals surface area contributed by atoms with E-state index < -0.39 is 0 Å². The molecule has 2 N–H and O–H groups in total. The summed E-state index contributed by atoms with van der Waals surface area (Å²) >= 11 is 0. The quantitative estimate of drug-likeness (QED) is 0.808. The fourth-order valence-corrected chi connectivity index (χ4v) is 1.94. The Bertz CT molecular complexity index is 475. The van der Waals surface area contributed by atoms with Gasteiger partial charge in [0.25, 0.3) is 0 Å². The topological polar surface area (TPSA) is 38.9 Å². The van der Waals surface area contributed by atoms with Crippen molar-refractivity contribution in [1.82, 2.24) is 4.98 Å². The molecule has 0 radical (unpaired) electrons. The number of nitrogens with two attached hydrogens (primary N) is 1. The highest BCUT2D eigenvalue weighted by molar-refractivity contribution is 5.82. The Hall–Kier alpha value is -1.41. The zero-order chi connectivity index (χ0) is 10.8. The van der Waals surface area contributed by atoms with Gasteiger partial charge in [0, 0.05) is 17.6 Å². The predicted octanol–water partition coefficient (Wildman–Crippen LogP) is 2.43. The smallest absolute Gasteiger partial charge is 0.0734 e. The van der Waals surface area contributed by atoms with Crippen LogP contribution in [0.2, 0.25) is 0 Å². The summed E-state index contributed by atoms with van der Waals surface area (Å²) in [6.45, 7) is 4.13. The summed E-state index contributed by atoms with van der Waals surface area (Å²) in [5.41, 5.74) is 9.44. The second kappa shape index (κ2) is 3.99. The summed E-state index contributed by atoms with van der Waals surface area (Å²) in [6.07, 6.45) is 2.72.